The normalized spacial score (nSPS) is 15.5. The molecule has 1 aliphatic rings. The van der Waals surface area contributed by atoms with E-state index in [1.807, 2.05) is 47.2 Å². The SMILES string of the molecule is CN=C(NCCc1nnc2ccccn12)NC1CCN(c2cccs2)CC1.I. The Morgan fingerprint density at radius 2 is 2.07 bits per heavy atom. The van der Waals surface area contributed by atoms with Gasteiger partial charge in [-0.1, -0.05) is 6.07 Å². The molecule has 0 aliphatic carbocycles. The highest BCUT2D eigenvalue weighted by Gasteiger charge is 2.20. The maximum absolute atomic E-state index is 4.37. The Morgan fingerprint density at radius 3 is 2.82 bits per heavy atom. The molecule has 0 radical (unpaired) electrons. The summed E-state index contributed by atoms with van der Waals surface area (Å²) in [7, 11) is 1.82. The van der Waals surface area contributed by atoms with Gasteiger partial charge in [0, 0.05) is 45.3 Å². The van der Waals surface area contributed by atoms with Crippen molar-refractivity contribution in [1.29, 1.82) is 0 Å². The predicted molar refractivity (Wildman–Crippen MR) is 126 cm³/mol. The van der Waals surface area contributed by atoms with Crippen molar-refractivity contribution < 1.29 is 0 Å². The fraction of sp³-hybridized carbons (Fsp3) is 0.421. The standard InChI is InChI=1S/C19H25N7S.HI/c1-20-19(21-10-7-17-24-23-16-5-2-3-11-26(16)17)22-15-8-12-25(13-9-15)18-6-4-14-27-18;/h2-6,11,14-15H,7-10,12-13H2,1H3,(H2,20,21,22);1H. The summed E-state index contributed by atoms with van der Waals surface area (Å²) in [5.41, 5.74) is 0.882. The van der Waals surface area contributed by atoms with Crippen LogP contribution in [0.5, 0.6) is 0 Å². The molecule has 0 spiro atoms. The van der Waals surface area contributed by atoms with Gasteiger partial charge in [0.05, 0.1) is 5.00 Å². The summed E-state index contributed by atoms with van der Waals surface area (Å²) in [4.78, 5) is 6.84. The summed E-state index contributed by atoms with van der Waals surface area (Å²) in [6.45, 7) is 2.94. The molecular formula is C19H26IN7S. The lowest BCUT2D eigenvalue weighted by atomic mass is 10.1. The Hall–Kier alpha value is -1.88. The molecule has 9 heteroatoms. The van der Waals surface area contributed by atoms with E-state index in [0.717, 1.165) is 56.3 Å². The van der Waals surface area contributed by atoms with Crippen LogP contribution in [-0.4, -0.2) is 53.3 Å². The second kappa shape index (κ2) is 10.1. The number of anilines is 1. The molecule has 7 nitrogen and oxygen atoms in total. The number of nitrogens with one attached hydrogen (secondary N) is 2. The van der Waals surface area contributed by atoms with Crippen molar-refractivity contribution in [3.63, 3.8) is 0 Å². The van der Waals surface area contributed by atoms with E-state index in [2.05, 4.69) is 48.2 Å². The molecule has 28 heavy (non-hydrogen) atoms. The number of halogens is 1. The zero-order chi connectivity index (χ0) is 18.5. The predicted octanol–water partition coefficient (Wildman–Crippen LogP) is 2.79. The van der Waals surface area contributed by atoms with Crippen molar-refractivity contribution in [2.75, 3.05) is 31.6 Å². The van der Waals surface area contributed by atoms with E-state index in [0.29, 0.717) is 6.04 Å². The van der Waals surface area contributed by atoms with Crippen LogP contribution >= 0.6 is 35.3 Å². The van der Waals surface area contributed by atoms with Gasteiger partial charge in [0.15, 0.2) is 11.6 Å². The first-order valence-corrected chi connectivity index (χ1v) is 10.3. The van der Waals surface area contributed by atoms with E-state index in [4.69, 9.17) is 0 Å². The Bertz CT molecular complexity index is 885. The maximum atomic E-state index is 4.37. The van der Waals surface area contributed by atoms with Crippen LogP contribution in [0.1, 0.15) is 18.7 Å². The van der Waals surface area contributed by atoms with Crippen molar-refractivity contribution in [1.82, 2.24) is 25.2 Å². The number of hydrogen-bond donors (Lipinski definition) is 2. The zero-order valence-electron chi connectivity index (χ0n) is 15.9. The average molecular weight is 511 g/mol. The summed E-state index contributed by atoms with van der Waals surface area (Å²) in [6, 6.07) is 10.7. The number of pyridine rings is 1. The molecule has 1 fully saturated rings. The first-order valence-electron chi connectivity index (χ1n) is 9.38. The van der Waals surface area contributed by atoms with Crippen LogP contribution in [0, 0.1) is 0 Å². The van der Waals surface area contributed by atoms with Gasteiger partial charge in [-0.15, -0.1) is 45.5 Å². The molecule has 3 aromatic heterocycles. The molecule has 150 valence electrons. The second-order valence-electron chi connectivity index (χ2n) is 6.65. The number of piperidine rings is 1. The second-order valence-corrected chi connectivity index (χ2v) is 7.58. The number of aliphatic imine (C=N–C) groups is 1. The Labute approximate surface area is 186 Å². The molecule has 0 aromatic carbocycles. The molecule has 0 bridgehead atoms. The summed E-state index contributed by atoms with van der Waals surface area (Å²) in [5, 5.41) is 18.9. The van der Waals surface area contributed by atoms with Crippen LogP contribution in [0.2, 0.25) is 0 Å². The van der Waals surface area contributed by atoms with Crippen molar-refractivity contribution in [2.24, 2.45) is 4.99 Å². The van der Waals surface area contributed by atoms with Gasteiger partial charge in [-0.2, -0.15) is 0 Å². The zero-order valence-corrected chi connectivity index (χ0v) is 19.1. The average Bonchev–Trinajstić information content (AvgIpc) is 3.38. The van der Waals surface area contributed by atoms with E-state index >= 15 is 0 Å². The van der Waals surface area contributed by atoms with Gasteiger partial charge in [-0.25, -0.2) is 0 Å². The Kier molecular flexibility index (Phi) is 7.49. The molecule has 2 N–H and O–H groups in total. The van der Waals surface area contributed by atoms with Gasteiger partial charge >= 0.3 is 0 Å². The molecule has 3 aromatic rings. The number of rotatable bonds is 5. The van der Waals surface area contributed by atoms with Gasteiger partial charge < -0.3 is 15.5 Å². The van der Waals surface area contributed by atoms with Crippen LogP contribution in [0.25, 0.3) is 5.65 Å². The number of thiophene rings is 1. The Balaban J connectivity index is 0.00000225. The third-order valence-electron chi connectivity index (χ3n) is 4.90. The Morgan fingerprint density at radius 1 is 1.21 bits per heavy atom. The van der Waals surface area contributed by atoms with E-state index in [1.54, 1.807) is 0 Å². The summed E-state index contributed by atoms with van der Waals surface area (Å²) in [5.74, 6) is 1.82. The highest BCUT2D eigenvalue weighted by Crippen LogP contribution is 2.24. The lowest BCUT2D eigenvalue weighted by Gasteiger charge is -2.33. The maximum Gasteiger partial charge on any atom is 0.191 e. The minimum Gasteiger partial charge on any atom is -0.363 e. The van der Waals surface area contributed by atoms with E-state index in [1.165, 1.54) is 5.00 Å². The van der Waals surface area contributed by atoms with Crippen LogP contribution in [-0.2, 0) is 6.42 Å². The molecule has 0 atom stereocenters. The largest absolute Gasteiger partial charge is 0.363 e. The highest BCUT2D eigenvalue weighted by atomic mass is 127. The van der Waals surface area contributed by atoms with Crippen LogP contribution in [0.4, 0.5) is 5.00 Å². The summed E-state index contributed by atoms with van der Waals surface area (Å²) >= 11 is 1.82. The van der Waals surface area contributed by atoms with Crippen LogP contribution in [0.15, 0.2) is 46.9 Å². The van der Waals surface area contributed by atoms with Crippen LogP contribution in [0.3, 0.4) is 0 Å². The van der Waals surface area contributed by atoms with Gasteiger partial charge in [0.1, 0.15) is 5.82 Å². The van der Waals surface area contributed by atoms with Crippen molar-refractivity contribution in [3.8, 4) is 0 Å². The fourth-order valence-corrected chi connectivity index (χ4v) is 4.22. The van der Waals surface area contributed by atoms with Gasteiger partial charge in [-0.3, -0.25) is 9.39 Å². The third kappa shape index (κ3) is 4.93. The lowest BCUT2D eigenvalue weighted by molar-refractivity contribution is 0.463. The van der Waals surface area contributed by atoms with Crippen LogP contribution < -0.4 is 15.5 Å². The minimum atomic E-state index is 0. The fourth-order valence-electron chi connectivity index (χ4n) is 3.44. The molecule has 0 amide bonds. The molecular weight excluding hydrogens is 485 g/mol. The van der Waals surface area contributed by atoms with Crippen molar-refractivity contribution >= 4 is 51.9 Å². The monoisotopic (exact) mass is 511 g/mol. The number of aromatic nitrogens is 3. The number of fused-ring (bicyclic) bond motifs is 1. The minimum absolute atomic E-state index is 0. The number of hydrogen-bond acceptors (Lipinski definition) is 5. The van der Waals surface area contributed by atoms with Gasteiger partial charge in [0.25, 0.3) is 0 Å². The highest BCUT2D eigenvalue weighted by molar-refractivity contribution is 14.0. The molecule has 4 heterocycles. The third-order valence-corrected chi connectivity index (χ3v) is 5.83. The molecule has 4 rings (SSSR count). The smallest absolute Gasteiger partial charge is 0.191 e. The number of guanidine groups is 1. The first-order chi connectivity index (χ1) is 13.3. The summed E-state index contributed by atoms with van der Waals surface area (Å²) < 4.78 is 2.03. The molecule has 0 unspecified atom stereocenters. The van der Waals surface area contributed by atoms with E-state index in [9.17, 15) is 0 Å². The molecule has 1 aliphatic heterocycles. The lowest BCUT2D eigenvalue weighted by Crippen LogP contribution is -2.49. The topological polar surface area (TPSA) is 69.8 Å². The quantitative estimate of drug-likeness (QED) is 0.313. The molecule has 0 saturated carbocycles. The van der Waals surface area contributed by atoms with Crippen molar-refractivity contribution in [3.05, 3.63) is 47.7 Å². The summed E-state index contributed by atoms with van der Waals surface area (Å²) in [6.07, 6.45) is 5.03. The van der Waals surface area contributed by atoms with Gasteiger partial charge in [0.2, 0.25) is 0 Å². The molecule has 1 saturated heterocycles. The first kappa shape index (κ1) is 20.8. The van der Waals surface area contributed by atoms with E-state index in [-0.39, 0.29) is 24.0 Å². The van der Waals surface area contributed by atoms with E-state index < -0.39 is 0 Å². The number of nitrogens with zero attached hydrogens (tertiary/aromatic N) is 5. The van der Waals surface area contributed by atoms with Gasteiger partial charge in [-0.05, 0) is 42.5 Å². The van der Waals surface area contributed by atoms with Crippen molar-refractivity contribution in [2.45, 2.75) is 25.3 Å².